The number of aromatic nitrogens is 2. The van der Waals surface area contributed by atoms with Crippen LogP contribution in [-0.2, 0) is 10.8 Å². The molecule has 0 amide bonds. The highest BCUT2D eigenvalue weighted by Crippen LogP contribution is 2.68. The molecule has 11 aromatic rings. The van der Waals surface area contributed by atoms with Crippen LogP contribution in [0.3, 0.4) is 0 Å². The Kier molecular flexibility index (Phi) is 8.17. The maximum absolute atomic E-state index is 5.47. The first-order valence-electron chi connectivity index (χ1n) is 24.1. The first-order chi connectivity index (χ1) is 34.7. The van der Waals surface area contributed by atoms with Crippen molar-refractivity contribution in [1.82, 2.24) is 9.97 Å². The maximum Gasteiger partial charge on any atom is 0.0937 e. The van der Waals surface area contributed by atoms with Gasteiger partial charge in [0.15, 0.2) is 0 Å². The molecule has 1 unspecified atom stereocenters. The first-order valence-corrected chi connectivity index (χ1v) is 24.1. The molecular formula is C66H42N4. The van der Waals surface area contributed by atoms with Gasteiger partial charge in [-0.25, -0.2) is 0 Å². The maximum atomic E-state index is 5.47. The van der Waals surface area contributed by atoms with Crippen LogP contribution >= 0.6 is 0 Å². The standard InChI is InChI=1S/C66H42N4/c1-4-21-45(22-5-1)69(46-23-6-2-7-24-46)48-27-18-20-43(38-48)44-39-60-64(68-42-44)63-57(35-19-37-67-63)66(60)56-34-16-17-36-61(56)70(47-25-8-3-9-26-47)62-41-58-52(40-59(62)66)51-30-12-15-33-55(51)65(58)53-31-13-10-28-49(53)50-29-11-14-32-54(50)65/h1-42H. The van der Waals surface area contributed by atoms with Crippen LogP contribution in [-0.4, -0.2) is 9.97 Å². The SMILES string of the molecule is c1ccc(N(c2ccccc2)c2cccc(-c3cnc4c(c3)C3(c5ccccc5N(c5ccccc5)c5cc6c(cc53)-c3ccccc3C63c5ccccc5-c5ccccc53)c3cccnc3-4)c2)cc1. The molecule has 70 heavy (non-hydrogen) atoms. The monoisotopic (exact) mass is 890 g/mol. The van der Waals surface area contributed by atoms with Gasteiger partial charge in [-0.15, -0.1) is 0 Å². The van der Waals surface area contributed by atoms with Crippen LogP contribution in [0, 0.1) is 0 Å². The van der Waals surface area contributed by atoms with Crippen LogP contribution in [0.1, 0.15) is 44.5 Å². The summed E-state index contributed by atoms with van der Waals surface area (Å²) in [4.78, 5) is 15.5. The van der Waals surface area contributed by atoms with E-state index in [9.17, 15) is 0 Å². The zero-order valence-electron chi connectivity index (χ0n) is 38.0. The Hall–Kier alpha value is -9.12. The summed E-state index contributed by atoms with van der Waals surface area (Å²) in [7, 11) is 0. The second-order valence-electron chi connectivity index (χ2n) is 18.8. The molecular weight excluding hydrogens is 849 g/mol. The van der Waals surface area contributed by atoms with Gasteiger partial charge < -0.3 is 9.80 Å². The van der Waals surface area contributed by atoms with Crippen molar-refractivity contribution in [2.75, 3.05) is 9.80 Å². The van der Waals surface area contributed by atoms with Crippen molar-refractivity contribution in [1.29, 1.82) is 0 Å². The first kappa shape index (κ1) is 38.9. The minimum absolute atomic E-state index is 0.513. The number of rotatable bonds is 5. The molecule has 0 saturated heterocycles. The number of nitrogens with zero attached hydrogens (tertiary/aromatic N) is 4. The lowest BCUT2D eigenvalue weighted by Crippen LogP contribution is -2.37. The fourth-order valence-corrected chi connectivity index (χ4v) is 12.9. The summed E-state index contributed by atoms with van der Waals surface area (Å²) >= 11 is 0. The summed E-state index contributed by atoms with van der Waals surface area (Å²) in [5.74, 6) is 0. The number of benzene rings is 9. The Morgan fingerprint density at radius 2 is 0.843 bits per heavy atom. The zero-order valence-corrected chi connectivity index (χ0v) is 38.0. The predicted octanol–water partition coefficient (Wildman–Crippen LogP) is 16.1. The molecule has 3 heterocycles. The molecule has 4 heteroatoms. The van der Waals surface area contributed by atoms with Gasteiger partial charge in [-0.3, -0.25) is 9.97 Å². The Morgan fingerprint density at radius 1 is 0.314 bits per heavy atom. The van der Waals surface area contributed by atoms with Gasteiger partial charge in [-0.1, -0.05) is 164 Å². The zero-order chi connectivity index (χ0) is 46.0. The molecule has 1 aliphatic heterocycles. The molecule has 3 aliphatic carbocycles. The molecule has 9 aromatic carbocycles. The van der Waals surface area contributed by atoms with E-state index in [4.69, 9.17) is 9.97 Å². The third-order valence-electron chi connectivity index (χ3n) is 15.5. The molecule has 0 N–H and O–H groups in total. The number of para-hydroxylation sites is 4. The molecule has 0 saturated carbocycles. The van der Waals surface area contributed by atoms with Crippen LogP contribution in [0.5, 0.6) is 0 Å². The number of fused-ring (bicyclic) bond motifs is 19. The van der Waals surface area contributed by atoms with E-state index in [1.54, 1.807) is 0 Å². The molecule has 0 radical (unpaired) electrons. The Labute approximate surface area is 407 Å². The second kappa shape index (κ2) is 14.7. The van der Waals surface area contributed by atoms with E-state index in [0.717, 1.165) is 67.8 Å². The van der Waals surface area contributed by atoms with E-state index in [1.165, 1.54) is 55.6 Å². The van der Waals surface area contributed by atoms with Crippen LogP contribution in [0.4, 0.5) is 34.1 Å². The van der Waals surface area contributed by atoms with E-state index in [0.29, 0.717) is 0 Å². The summed E-state index contributed by atoms with van der Waals surface area (Å²) in [6, 6.07) is 89.3. The van der Waals surface area contributed by atoms with Gasteiger partial charge in [0.2, 0.25) is 0 Å². The van der Waals surface area contributed by atoms with Crippen molar-refractivity contribution in [3.05, 3.63) is 300 Å². The molecule has 326 valence electrons. The third kappa shape index (κ3) is 5.09. The molecule has 15 rings (SSSR count). The topological polar surface area (TPSA) is 32.3 Å². The van der Waals surface area contributed by atoms with Gasteiger partial charge in [-0.05, 0) is 146 Å². The fourth-order valence-electron chi connectivity index (χ4n) is 12.9. The lowest BCUT2D eigenvalue weighted by Gasteiger charge is -2.45. The van der Waals surface area contributed by atoms with Crippen LogP contribution in [0.25, 0.3) is 44.8 Å². The van der Waals surface area contributed by atoms with E-state index in [2.05, 4.69) is 252 Å². The molecule has 1 atom stereocenters. The number of pyridine rings is 2. The molecule has 4 nitrogen and oxygen atoms in total. The van der Waals surface area contributed by atoms with Gasteiger partial charge >= 0.3 is 0 Å². The van der Waals surface area contributed by atoms with Gasteiger partial charge in [0, 0.05) is 46.3 Å². The van der Waals surface area contributed by atoms with Gasteiger partial charge in [0.1, 0.15) is 0 Å². The normalized spacial score (nSPS) is 15.6. The fraction of sp³-hybridized carbons (Fsp3) is 0.0303. The highest BCUT2D eigenvalue weighted by atomic mass is 15.2. The minimum Gasteiger partial charge on any atom is -0.310 e. The quantitative estimate of drug-likeness (QED) is 0.172. The Bertz CT molecular complexity index is 3830. The van der Waals surface area contributed by atoms with Gasteiger partial charge in [-0.2, -0.15) is 0 Å². The lowest BCUT2D eigenvalue weighted by molar-refractivity contribution is 0.744. The second-order valence-corrected chi connectivity index (χ2v) is 18.8. The van der Waals surface area contributed by atoms with Crippen molar-refractivity contribution >= 4 is 34.1 Å². The molecule has 2 aromatic heterocycles. The Morgan fingerprint density at radius 3 is 1.51 bits per heavy atom. The summed E-state index contributed by atoms with van der Waals surface area (Å²) in [6.07, 6.45) is 3.97. The summed E-state index contributed by atoms with van der Waals surface area (Å²) in [5, 5.41) is 0. The third-order valence-corrected chi connectivity index (χ3v) is 15.5. The predicted molar refractivity (Wildman–Crippen MR) is 284 cm³/mol. The summed E-state index contributed by atoms with van der Waals surface area (Å²) in [6.45, 7) is 0. The van der Waals surface area contributed by atoms with Gasteiger partial charge in [0.05, 0.1) is 33.6 Å². The number of hydrogen-bond donors (Lipinski definition) is 0. The lowest BCUT2D eigenvalue weighted by atomic mass is 9.63. The van der Waals surface area contributed by atoms with E-state index >= 15 is 0 Å². The van der Waals surface area contributed by atoms with Crippen molar-refractivity contribution < 1.29 is 0 Å². The molecule has 2 spiro atoms. The average Bonchev–Trinajstić information content (AvgIpc) is 4.02. The molecule has 0 bridgehead atoms. The minimum atomic E-state index is -0.776. The smallest absolute Gasteiger partial charge is 0.0937 e. The van der Waals surface area contributed by atoms with E-state index in [1.807, 2.05) is 12.4 Å². The van der Waals surface area contributed by atoms with Crippen LogP contribution in [0.15, 0.2) is 255 Å². The van der Waals surface area contributed by atoms with Crippen molar-refractivity contribution in [3.8, 4) is 44.8 Å². The largest absolute Gasteiger partial charge is 0.310 e. The highest BCUT2D eigenvalue weighted by molar-refractivity contribution is 6.01. The van der Waals surface area contributed by atoms with Crippen molar-refractivity contribution in [2.24, 2.45) is 0 Å². The van der Waals surface area contributed by atoms with Crippen LogP contribution in [0.2, 0.25) is 0 Å². The van der Waals surface area contributed by atoms with Crippen molar-refractivity contribution in [2.45, 2.75) is 10.8 Å². The Balaban J connectivity index is 1.03. The number of hydrogen-bond acceptors (Lipinski definition) is 4. The summed E-state index contributed by atoms with van der Waals surface area (Å²) in [5.41, 5.74) is 24.4. The summed E-state index contributed by atoms with van der Waals surface area (Å²) < 4.78 is 0. The number of anilines is 6. The highest BCUT2D eigenvalue weighted by Gasteiger charge is 2.57. The van der Waals surface area contributed by atoms with Gasteiger partial charge in [0.25, 0.3) is 0 Å². The van der Waals surface area contributed by atoms with Crippen molar-refractivity contribution in [3.63, 3.8) is 0 Å². The van der Waals surface area contributed by atoms with E-state index < -0.39 is 10.8 Å². The molecule has 4 aliphatic rings. The van der Waals surface area contributed by atoms with Crippen LogP contribution < -0.4 is 9.80 Å². The van der Waals surface area contributed by atoms with E-state index in [-0.39, 0.29) is 0 Å². The average molecular weight is 891 g/mol. The molecule has 0 fully saturated rings.